The molecule has 0 spiro atoms. The first-order valence-corrected chi connectivity index (χ1v) is 10.5. The predicted octanol–water partition coefficient (Wildman–Crippen LogP) is 3.83. The van der Waals surface area contributed by atoms with Crippen molar-refractivity contribution >= 4 is 29.4 Å². The molecule has 0 heterocycles. The third-order valence-corrected chi connectivity index (χ3v) is 5.96. The van der Waals surface area contributed by atoms with Crippen molar-refractivity contribution in [1.82, 2.24) is 9.80 Å². The Bertz CT molecular complexity index is 775. The zero-order chi connectivity index (χ0) is 22.5. The molecule has 7 nitrogen and oxygen atoms in total. The molecule has 0 aromatic heterocycles. The van der Waals surface area contributed by atoms with Crippen LogP contribution < -0.4 is 0 Å². The number of ether oxygens (including phenoxy) is 2. The van der Waals surface area contributed by atoms with E-state index in [1.165, 1.54) is 11.9 Å². The Hall–Kier alpha value is -2.12. The molecule has 2 atom stereocenters. The fourth-order valence-corrected chi connectivity index (χ4v) is 4.48. The van der Waals surface area contributed by atoms with E-state index in [-0.39, 0.29) is 11.7 Å². The molecule has 166 valence electrons. The average Bonchev–Trinajstić information content (AvgIpc) is 2.68. The van der Waals surface area contributed by atoms with Crippen molar-refractivity contribution in [2.45, 2.75) is 51.1 Å². The number of ketones is 1. The van der Waals surface area contributed by atoms with E-state index in [0.29, 0.717) is 23.4 Å². The van der Waals surface area contributed by atoms with Gasteiger partial charge in [0.2, 0.25) is 6.79 Å². The minimum atomic E-state index is -1.19. The number of likely N-dealkylation sites (N-methyl/N-ethyl adjacent to an activating group) is 2. The molecule has 1 aromatic rings. The topological polar surface area (TPSA) is 76.1 Å². The first kappa shape index (κ1) is 24.2. The van der Waals surface area contributed by atoms with Gasteiger partial charge >= 0.3 is 12.1 Å². The van der Waals surface area contributed by atoms with E-state index < -0.39 is 30.4 Å². The van der Waals surface area contributed by atoms with Gasteiger partial charge in [-0.25, -0.2) is 4.79 Å². The van der Waals surface area contributed by atoms with Crippen molar-refractivity contribution in [3.05, 3.63) is 34.9 Å². The summed E-state index contributed by atoms with van der Waals surface area (Å²) < 4.78 is 10.4. The molecule has 8 heteroatoms. The molecule has 1 saturated carbocycles. The van der Waals surface area contributed by atoms with E-state index in [9.17, 15) is 14.4 Å². The molecule has 1 fully saturated rings. The van der Waals surface area contributed by atoms with Gasteiger partial charge in [0.25, 0.3) is 0 Å². The van der Waals surface area contributed by atoms with Crippen LogP contribution in [0.2, 0.25) is 5.02 Å². The summed E-state index contributed by atoms with van der Waals surface area (Å²) in [4.78, 5) is 41.2. The molecule has 1 amide bonds. The van der Waals surface area contributed by atoms with Gasteiger partial charge in [-0.3, -0.25) is 19.4 Å². The minimum Gasteiger partial charge on any atom is -0.427 e. The van der Waals surface area contributed by atoms with Gasteiger partial charge < -0.3 is 9.47 Å². The van der Waals surface area contributed by atoms with Crippen LogP contribution in [0.15, 0.2) is 24.3 Å². The molecule has 30 heavy (non-hydrogen) atoms. The maximum absolute atomic E-state index is 13.0. The van der Waals surface area contributed by atoms with Gasteiger partial charge in [0.15, 0.2) is 5.78 Å². The Morgan fingerprint density at radius 3 is 2.37 bits per heavy atom. The lowest BCUT2D eigenvalue weighted by atomic mass is 9.74. The zero-order valence-corrected chi connectivity index (χ0v) is 19.1. The van der Waals surface area contributed by atoms with Crippen molar-refractivity contribution in [3.8, 4) is 0 Å². The second-order valence-electron chi connectivity index (χ2n) is 8.17. The van der Waals surface area contributed by atoms with Crippen molar-refractivity contribution in [3.63, 3.8) is 0 Å². The van der Waals surface area contributed by atoms with Crippen LogP contribution in [0.4, 0.5) is 4.79 Å². The number of hydrogen-bond acceptors (Lipinski definition) is 6. The summed E-state index contributed by atoms with van der Waals surface area (Å²) in [5, 5.41) is 0.421. The van der Waals surface area contributed by atoms with E-state index in [0.717, 1.165) is 12.8 Å². The van der Waals surface area contributed by atoms with Gasteiger partial charge in [0, 0.05) is 24.1 Å². The van der Waals surface area contributed by atoms with Gasteiger partial charge in [-0.05, 0) is 45.3 Å². The summed E-state index contributed by atoms with van der Waals surface area (Å²) >= 11 is 6.40. The summed E-state index contributed by atoms with van der Waals surface area (Å²) in [6, 6.07) is 6.59. The number of nitrogens with zero attached hydrogens (tertiary/aromatic N) is 2. The van der Waals surface area contributed by atoms with Crippen molar-refractivity contribution < 1.29 is 23.9 Å². The number of Topliss-reactive ketones (excluding diaryl/α,β-unsaturated/α-hetero) is 1. The highest BCUT2D eigenvalue weighted by molar-refractivity contribution is 6.31. The number of benzene rings is 1. The summed E-state index contributed by atoms with van der Waals surface area (Å²) in [5.41, 5.74) is -0.609. The zero-order valence-electron chi connectivity index (χ0n) is 18.3. The maximum Gasteiger partial charge on any atom is 0.413 e. The van der Waals surface area contributed by atoms with Crippen LogP contribution >= 0.6 is 11.6 Å². The summed E-state index contributed by atoms with van der Waals surface area (Å²) in [5.74, 6) is -0.514. The van der Waals surface area contributed by atoms with E-state index in [2.05, 4.69) is 0 Å². The summed E-state index contributed by atoms with van der Waals surface area (Å²) in [6.45, 7) is 3.30. The van der Waals surface area contributed by atoms with Crippen molar-refractivity contribution in [2.75, 3.05) is 27.9 Å². The molecule has 0 unspecified atom stereocenters. The Morgan fingerprint density at radius 1 is 1.13 bits per heavy atom. The highest BCUT2D eigenvalue weighted by Crippen LogP contribution is 2.42. The smallest absolute Gasteiger partial charge is 0.413 e. The van der Waals surface area contributed by atoms with Crippen molar-refractivity contribution in [2.24, 2.45) is 5.92 Å². The largest absolute Gasteiger partial charge is 0.427 e. The highest BCUT2D eigenvalue weighted by atomic mass is 35.5. The van der Waals surface area contributed by atoms with E-state index in [1.54, 1.807) is 43.3 Å². The van der Waals surface area contributed by atoms with Crippen LogP contribution in [0.1, 0.15) is 45.1 Å². The van der Waals surface area contributed by atoms with Crippen LogP contribution in [0, 0.1) is 5.92 Å². The minimum absolute atomic E-state index is 0.0363. The van der Waals surface area contributed by atoms with Gasteiger partial charge in [0.1, 0.15) is 11.6 Å². The molecule has 0 aliphatic heterocycles. The van der Waals surface area contributed by atoms with Gasteiger partial charge in [-0.2, -0.15) is 0 Å². The average molecular weight is 439 g/mol. The van der Waals surface area contributed by atoms with Gasteiger partial charge in [0.05, 0.1) is 0 Å². The molecule has 2 rings (SSSR count). The standard InChI is InChI=1S/C22H31ClN2O5/c1-15(2)19(24(3)4)20(27)29-14-30-21(28)25(5)22(13-9-8-12-18(22)26)16-10-6-7-11-17(16)23/h6-7,10-11,15,19H,8-9,12-14H2,1-5H3/t19-,22+/m0/s1. The van der Waals surface area contributed by atoms with E-state index in [4.69, 9.17) is 21.1 Å². The Morgan fingerprint density at radius 2 is 1.80 bits per heavy atom. The lowest BCUT2D eigenvalue weighted by Crippen LogP contribution is -2.54. The third kappa shape index (κ3) is 4.95. The molecule has 1 aliphatic carbocycles. The van der Waals surface area contributed by atoms with Crippen LogP contribution in [0.5, 0.6) is 0 Å². The molecule has 1 aliphatic rings. The first-order chi connectivity index (χ1) is 14.1. The lowest BCUT2D eigenvalue weighted by molar-refractivity contribution is -0.160. The first-order valence-electron chi connectivity index (χ1n) is 10.1. The number of hydrogen-bond donors (Lipinski definition) is 0. The van der Waals surface area contributed by atoms with Crippen LogP contribution in [0.3, 0.4) is 0 Å². The predicted molar refractivity (Wildman–Crippen MR) is 114 cm³/mol. The summed E-state index contributed by atoms with van der Waals surface area (Å²) in [7, 11) is 5.09. The Balaban J connectivity index is 2.15. The van der Waals surface area contributed by atoms with Crippen molar-refractivity contribution in [1.29, 1.82) is 0 Å². The van der Waals surface area contributed by atoms with Gasteiger partial charge in [-0.15, -0.1) is 0 Å². The molecule has 0 bridgehead atoms. The normalized spacial score (nSPS) is 20.2. The number of carbonyl (C=O) groups excluding carboxylic acids is 3. The fourth-order valence-electron chi connectivity index (χ4n) is 4.18. The SMILES string of the molecule is CC(C)[C@@H](C(=O)OCOC(=O)N(C)[C@@]1(c2ccccc2Cl)CCCCC1=O)N(C)C. The second kappa shape index (κ2) is 10.3. The number of esters is 1. The molecule has 1 aromatic carbocycles. The number of halogens is 1. The number of carbonyl (C=O) groups is 3. The Labute approximate surface area is 183 Å². The number of amides is 1. The summed E-state index contributed by atoms with van der Waals surface area (Å²) in [6.07, 6.45) is 1.62. The molecule has 0 saturated heterocycles. The quantitative estimate of drug-likeness (QED) is 0.475. The molecule has 0 radical (unpaired) electrons. The number of rotatable bonds is 7. The highest BCUT2D eigenvalue weighted by Gasteiger charge is 2.48. The van der Waals surface area contributed by atoms with Gasteiger partial charge in [-0.1, -0.05) is 43.6 Å². The van der Waals surface area contributed by atoms with E-state index >= 15 is 0 Å². The maximum atomic E-state index is 13.0. The molecule has 0 N–H and O–H groups in total. The third-order valence-electron chi connectivity index (χ3n) is 5.63. The molecular formula is C22H31ClN2O5. The Kier molecular flexibility index (Phi) is 8.26. The monoisotopic (exact) mass is 438 g/mol. The van der Waals surface area contributed by atoms with Crippen LogP contribution in [-0.2, 0) is 24.6 Å². The molecular weight excluding hydrogens is 408 g/mol. The van der Waals surface area contributed by atoms with Crippen LogP contribution in [0.25, 0.3) is 0 Å². The van der Waals surface area contributed by atoms with Crippen LogP contribution in [-0.4, -0.2) is 61.6 Å². The fraction of sp³-hybridized carbons (Fsp3) is 0.591. The van der Waals surface area contributed by atoms with E-state index in [1.807, 2.05) is 13.8 Å². The second-order valence-corrected chi connectivity index (χ2v) is 8.58. The lowest BCUT2D eigenvalue weighted by Gasteiger charge is -2.43.